The summed E-state index contributed by atoms with van der Waals surface area (Å²) in [5.41, 5.74) is 7.16. The number of anilines is 1. The van der Waals surface area contributed by atoms with Gasteiger partial charge in [0.25, 0.3) is 5.91 Å². The molecule has 3 atom stereocenters. The van der Waals surface area contributed by atoms with Gasteiger partial charge >= 0.3 is 0 Å². The van der Waals surface area contributed by atoms with E-state index in [0.717, 1.165) is 48.1 Å². The van der Waals surface area contributed by atoms with Gasteiger partial charge in [-0.15, -0.1) is 0 Å². The van der Waals surface area contributed by atoms with Crippen molar-refractivity contribution in [3.05, 3.63) is 42.0 Å². The van der Waals surface area contributed by atoms with E-state index in [1.165, 1.54) is 11.1 Å². The summed E-state index contributed by atoms with van der Waals surface area (Å²) in [7, 11) is 3.87. The molecule has 1 fully saturated rings. The summed E-state index contributed by atoms with van der Waals surface area (Å²) in [6.07, 6.45) is 1.09. The highest BCUT2D eigenvalue weighted by Crippen LogP contribution is 2.45. The number of carbonyl (C=O) groups excluding carboxylic acids is 1. The van der Waals surface area contributed by atoms with Gasteiger partial charge in [0.05, 0.1) is 12.8 Å². The highest BCUT2D eigenvalue weighted by Gasteiger charge is 2.37. The van der Waals surface area contributed by atoms with Crippen molar-refractivity contribution in [3.63, 3.8) is 0 Å². The highest BCUT2D eigenvalue weighted by atomic mass is 16.5. The number of hydrogen-bond acceptors (Lipinski definition) is 6. The number of ether oxygens (including phenoxy) is 2. The molecule has 3 aliphatic rings. The molecule has 0 bridgehead atoms. The van der Waals surface area contributed by atoms with Gasteiger partial charge in [0.1, 0.15) is 24.1 Å². The van der Waals surface area contributed by atoms with Gasteiger partial charge in [0, 0.05) is 6.54 Å². The standard InChI is InChI=1S/C25H30N4O3/c1-15-13-28(3)10-9-19(15)21-11-22-23(12-20(21)17-5-7-18(31-4)8-6-17)32-14-24-26-27-25(30)16(2)29(22)24/h5-8,11-12,15-16,19H,9-10,13-14H2,1-4H3,(H,27,30)/t15-,16+,19+/m0/s1. The van der Waals surface area contributed by atoms with Crippen LogP contribution >= 0.6 is 0 Å². The molecule has 3 heterocycles. The SMILES string of the molecule is COc1ccc(-c2cc3c(cc2[C@@H]2CCN(C)C[C@@H]2C)N2C(=NNC(=O)[C@H]2C)CO3)cc1. The van der Waals surface area contributed by atoms with Gasteiger partial charge in [-0.25, -0.2) is 5.43 Å². The molecule has 32 heavy (non-hydrogen) atoms. The van der Waals surface area contributed by atoms with E-state index >= 15 is 0 Å². The maximum absolute atomic E-state index is 12.4. The van der Waals surface area contributed by atoms with Crippen LogP contribution < -0.4 is 19.8 Å². The molecule has 5 rings (SSSR count). The Bertz CT molecular complexity index is 1070. The summed E-state index contributed by atoms with van der Waals surface area (Å²) in [5, 5.41) is 4.25. The third-order valence-corrected chi connectivity index (χ3v) is 7.00. The number of amidine groups is 1. The molecular weight excluding hydrogens is 404 g/mol. The molecule has 168 valence electrons. The second kappa shape index (κ2) is 8.13. The first-order valence-electron chi connectivity index (χ1n) is 11.3. The molecule has 1 saturated heterocycles. The zero-order chi connectivity index (χ0) is 22.4. The van der Waals surface area contributed by atoms with E-state index in [9.17, 15) is 4.79 Å². The fourth-order valence-electron chi connectivity index (χ4n) is 5.23. The van der Waals surface area contributed by atoms with Crippen LogP contribution in [0.3, 0.4) is 0 Å². The third kappa shape index (κ3) is 3.50. The quantitative estimate of drug-likeness (QED) is 0.802. The summed E-state index contributed by atoms with van der Waals surface area (Å²) in [6.45, 7) is 6.71. The number of rotatable bonds is 3. The summed E-state index contributed by atoms with van der Waals surface area (Å²) in [6, 6.07) is 12.3. The maximum Gasteiger partial charge on any atom is 0.262 e. The number of amides is 1. The zero-order valence-electron chi connectivity index (χ0n) is 19.1. The van der Waals surface area contributed by atoms with Gasteiger partial charge in [-0.2, -0.15) is 5.10 Å². The van der Waals surface area contributed by atoms with Crippen LogP contribution in [0.4, 0.5) is 5.69 Å². The molecule has 0 aromatic heterocycles. The van der Waals surface area contributed by atoms with E-state index in [1.54, 1.807) is 7.11 Å². The fourth-order valence-corrected chi connectivity index (χ4v) is 5.23. The van der Waals surface area contributed by atoms with Gasteiger partial charge in [-0.05, 0) is 79.7 Å². The number of benzene rings is 2. The number of nitrogens with zero attached hydrogens (tertiary/aromatic N) is 3. The van der Waals surface area contributed by atoms with Crippen molar-refractivity contribution in [3.8, 4) is 22.6 Å². The minimum absolute atomic E-state index is 0.102. The normalized spacial score (nSPS) is 25.2. The summed E-state index contributed by atoms with van der Waals surface area (Å²) >= 11 is 0. The lowest BCUT2D eigenvalue weighted by molar-refractivity contribution is -0.122. The molecule has 7 heteroatoms. The Hall–Kier alpha value is -3.06. The number of hydrogen-bond donors (Lipinski definition) is 1. The van der Waals surface area contributed by atoms with Crippen LogP contribution in [-0.2, 0) is 4.79 Å². The predicted octanol–water partition coefficient (Wildman–Crippen LogP) is 3.45. The molecule has 0 aliphatic carbocycles. The van der Waals surface area contributed by atoms with Crippen molar-refractivity contribution in [2.45, 2.75) is 32.2 Å². The van der Waals surface area contributed by atoms with Crippen LogP contribution in [0.5, 0.6) is 11.5 Å². The van der Waals surface area contributed by atoms with Crippen LogP contribution in [0, 0.1) is 5.92 Å². The minimum Gasteiger partial charge on any atom is -0.497 e. The van der Waals surface area contributed by atoms with Crippen molar-refractivity contribution < 1.29 is 14.3 Å². The first-order chi connectivity index (χ1) is 15.5. The van der Waals surface area contributed by atoms with E-state index in [2.05, 4.69) is 53.7 Å². The molecule has 0 radical (unpaired) electrons. The number of piperidine rings is 1. The second-order valence-corrected chi connectivity index (χ2v) is 9.11. The molecule has 3 aliphatic heterocycles. The average Bonchev–Trinajstić information content (AvgIpc) is 2.80. The Kier molecular flexibility index (Phi) is 5.29. The topological polar surface area (TPSA) is 66.4 Å². The molecule has 2 aromatic carbocycles. The Morgan fingerprint density at radius 3 is 2.69 bits per heavy atom. The Labute approximate surface area is 189 Å². The monoisotopic (exact) mass is 434 g/mol. The van der Waals surface area contributed by atoms with Crippen molar-refractivity contribution in [2.75, 3.05) is 38.8 Å². The first kappa shape index (κ1) is 20.8. The molecule has 7 nitrogen and oxygen atoms in total. The van der Waals surface area contributed by atoms with E-state index in [0.29, 0.717) is 18.4 Å². The van der Waals surface area contributed by atoms with Gasteiger partial charge in [0.2, 0.25) is 0 Å². The largest absolute Gasteiger partial charge is 0.497 e. The number of fused-ring (bicyclic) bond motifs is 3. The first-order valence-corrected chi connectivity index (χ1v) is 11.3. The van der Waals surface area contributed by atoms with Gasteiger partial charge < -0.3 is 19.3 Å². The van der Waals surface area contributed by atoms with E-state index in [-0.39, 0.29) is 11.9 Å². The van der Waals surface area contributed by atoms with Gasteiger partial charge in [-0.3, -0.25) is 4.79 Å². The maximum atomic E-state index is 12.4. The van der Waals surface area contributed by atoms with Crippen molar-refractivity contribution in [1.82, 2.24) is 10.3 Å². The van der Waals surface area contributed by atoms with E-state index in [4.69, 9.17) is 9.47 Å². The predicted molar refractivity (Wildman–Crippen MR) is 125 cm³/mol. The van der Waals surface area contributed by atoms with E-state index < -0.39 is 0 Å². The number of nitrogens with one attached hydrogen (secondary N) is 1. The number of carbonyl (C=O) groups is 1. The number of likely N-dealkylation sites (tertiary alicyclic amines) is 1. The van der Waals surface area contributed by atoms with Crippen molar-refractivity contribution in [1.29, 1.82) is 0 Å². The van der Waals surface area contributed by atoms with Gasteiger partial charge in [0.15, 0.2) is 5.84 Å². The smallest absolute Gasteiger partial charge is 0.262 e. The van der Waals surface area contributed by atoms with Crippen LogP contribution in [0.25, 0.3) is 11.1 Å². The third-order valence-electron chi connectivity index (χ3n) is 7.00. The molecule has 0 unspecified atom stereocenters. The zero-order valence-corrected chi connectivity index (χ0v) is 19.1. The van der Waals surface area contributed by atoms with E-state index in [1.807, 2.05) is 24.0 Å². The van der Waals surface area contributed by atoms with Gasteiger partial charge in [-0.1, -0.05) is 19.1 Å². The fraction of sp³-hybridized carbons (Fsp3) is 0.440. The lowest BCUT2D eigenvalue weighted by Gasteiger charge is -2.40. The second-order valence-electron chi connectivity index (χ2n) is 9.11. The Morgan fingerprint density at radius 1 is 1.19 bits per heavy atom. The lowest BCUT2D eigenvalue weighted by Crippen LogP contribution is -2.55. The van der Waals surface area contributed by atoms with Crippen molar-refractivity contribution >= 4 is 17.4 Å². The summed E-state index contributed by atoms with van der Waals surface area (Å²) in [4.78, 5) is 16.8. The number of methoxy groups -OCH3 is 1. The molecule has 0 saturated carbocycles. The van der Waals surface area contributed by atoms with Crippen LogP contribution in [-0.4, -0.2) is 56.5 Å². The molecule has 2 aromatic rings. The molecule has 1 N–H and O–H groups in total. The summed E-state index contributed by atoms with van der Waals surface area (Å²) in [5.74, 6) is 3.21. The van der Waals surface area contributed by atoms with Crippen LogP contribution in [0.15, 0.2) is 41.5 Å². The van der Waals surface area contributed by atoms with Crippen molar-refractivity contribution in [2.24, 2.45) is 11.0 Å². The molecule has 0 spiro atoms. The summed E-state index contributed by atoms with van der Waals surface area (Å²) < 4.78 is 11.5. The van der Waals surface area contributed by atoms with Crippen LogP contribution in [0.1, 0.15) is 31.7 Å². The molecule has 1 amide bonds. The highest BCUT2D eigenvalue weighted by molar-refractivity contribution is 6.09. The molecular formula is C25H30N4O3. The lowest BCUT2D eigenvalue weighted by atomic mass is 9.78. The number of hydrazone groups is 1. The average molecular weight is 435 g/mol. The van der Waals surface area contributed by atoms with Crippen LogP contribution in [0.2, 0.25) is 0 Å². The Balaban J connectivity index is 1.66. The minimum atomic E-state index is -0.334. The Morgan fingerprint density at radius 2 is 1.97 bits per heavy atom.